The second-order valence-corrected chi connectivity index (χ2v) is 4.65. The zero-order valence-electron chi connectivity index (χ0n) is 10.1. The summed E-state index contributed by atoms with van der Waals surface area (Å²) in [6.07, 6.45) is 3.89. The van der Waals surface area contributed by atoms with E-state index in [0.717, 1.165) is 32.1 Å². The predicted molar refractivity (Wildman–Crippen MR) is 68.8 cm³/mol. The molecule has 16 heavy (non-hydrogen) atoms. The van der Waals surface area contributed by atoms with Gasteiger partial charge in [-0.2, -0.15) is 0 Å². The Morgan fingerprint density at radius 1 is 1.12 bits per heavy atom. The molecule has 0 heterocycles. The summed E-state index contributed by atoms with van der Waals surface area (Å²) in [5.41, 5.74) is 2.87. The molecule has 2 heteroatoms. The zero-order chi connectivity index (χ0) is 11.2. The second kappa shape index (κ2) is 6.02. The number of rotatable bonds is 7. The summed E-state index contributed by atoms with van der Waals surface area (Å²) in [6.45, 7) is 5.46. The molecule has 2 nitrogen and oxygen atoms in total. The highest BCUT2D eigenvalue weighted by Crippen LogP contribution is 2.17. The third-order valence-corrected chi connectivity index (χ3v) is 3.14. The Labute approximate surface area is 98.4 Å². The van der Waals surface area contributed by atoms with Gasteiger partial charge in [-0.05, 0) is 43.9 Å². The van der Waals surface area contributed by atoms with Crippen LogP contribution in [0.1, 0.15) is 24.0 Å². The molecule has 0 aliphatic heterocycles. The molecule has 1 aromatic rings. The van der Waals surface area contributed by atoms with Gasteiger partial charge in [-0.1, -0.05) is 24.3 Å². The van der Waals surface area contributed by atoms with Crippen LogP contribution < -0.4 is 10.6 Å². The van der Waals surface area contributed by atoms with Crippen molar-refractivity contribution in [2.45, 2.75) is 32.2 Å². The topological polar surface area (TPSA) is 24.1 Å². The largest absolute Gasteiger partial charge is 0.315 e. The quantitative estimate of drug-likeness (QED) is 0.683. The molecule has 1 saturated carbocycles. The summed E-state index contributed by atoms with van der Waals surface area (Å²) in [5, 5.41) is 6.99. The van der Waals surface area contributed by atoms with Crippen molar-refractivity contribution >= 4 is 0 Å². The van der Waals surface area contributed by atoms with E-state index in [4.69, 9.17) is 0 Å². The maximum absolute atomic E-state index is 3.50. The minimum atomic E-state index is 0.832. The van der Waals surface area contributed by atoms with Crippen molar-refractivity contribution in [1.82, 2.24) is 10.6 Å². The van der Waals surface area contributed by atoms with E-state index in [9.17, 15) is 0 Å². The minimum absolute atomic E-state index is 0.832. The lowest BCUT2D eigenvalue weighted by molar-refractivity contribution is 0.608. The van der Waals surface area contributed by atoms with E-state index >= 15 is 0 Å². The molecule has 1 aliphatic rings. The van der Waals surface area contributed by atoms with Crippen molar-refractivity contribution in [3.8, 4) is 0 Å². The summed E-state index contributed by atoms with van der Waals surface area (Å²) < 4.78 is 0. The fourth-order valence-corrected chi connectivity index (χ4v) is 1.89. The van der Waals surface area contributed by atoms with Gasteiger partial charge in [-0.15, -0.1) is 0 Å². The van der Waals surface area contributed by atoms with E-state index in [1.807, 2.05) is 0 Å². The van der Waals surface area contributed by atoms with Crippen molar-refractivity contribution in [2.75, 3.05) is 19.6 Å². The molecule has 0 radical (unpaired) electrons. The smallest absolute Gasteiger partial charge is 0.00793 e. The standard InChI is InChI=1S/C14H22N2/c1-12-4-2-3-5-13(12)8-9-15-10-11-16-14-6-7-14/h2-5,14-16H,6-11H2,1H3. The van der Waals surface area contributed by atoms with Crippen LogP contribution in [0.2, 0.25) is 0 Å². The normalized spacial score (nSPS) is 15.3. The third-order valence-electron chi connectivity index (χ3n) is 3.14. The Hall–Kier alpha value is -0.860. The van der Waals surface area contributed by atoms with Gasteiger partial charge in [0.15, 0.2) is 0 Å². The van der Waals surface area contributed by atoms with Crippen LogP contribution in [0.5, 0.6) is 0 Å². The number of aryl methyl sites for hydroxylation is 1. The van der Waals surface area contributed by atoms with Gasteiger partial charge in [0.25, 0.3) is 0 Å². The van der Waals surface area contributed by atoms with Gasteiger partial charge in [-0.25, -0.2) is 0 Å². The van der Waals surface area contributed by atoms with Gasteiger partial charge >= 0.3 is 0 Å². The van der Waals surface area contributed by atoms with Crippen LogP contribution in [0.15, 0.2) is 24.3 Å². The van der Waals surface area contributed by atoms with Crippen LogP contribution in [-0.4, -0.2) is 25.7 Å². The lowest BCUT2D eigenvalue weighted by Crippen LogP contribution is -2.29. The molecular weight excluding hydrogens is 196 g/mol. The molecule has 2 N–H and O–H groups in total. The van der Waals surface area contributed by atoms with Gasteiger partial charge in [-0.3, -0.25) is 0 Å². The molecule has 88 valence electrons. The summed E-state index contributed by atoms with van der Waals surface area (Å²) in [6, 6.07) is 9.46. The van der Waals surface area contributed by atoms with E-state index in [1.54, 1.807) is 0 Å². The molecule has 0 aromatic heterocycles. The van der Waals surface area contributed by atoms with Crippen molar-refractivity contribution < 1.29 is 0 Å². The lowest BCUT2D eigenvalue weighted by atomic mass is 10.1. The molecule has 0 atom stereocenters. The van der Waals surface area contributed by atoms with Gasteiger partial charge < -0.3 is 10.6 Å². The molecule has 1 aliphatic carbocycles. The minimum Gasteiger partial charge on any atom is -0.315 e. The first-order valence-corrected chi connectivity index (χ1v) is 6.35. The summed E-state index contributed by atoms with van der Waals surface area (Å²) in [7, 11) is 0. The van der Waals surface area contributed by atoms with Crippen LogP contribution in [-0.2, 0) is 6.42 Å². The van der Waals surface area contributed by atoms with Crippen LogP contribution in [0, 0.1) is 6.92 Å². The highest BCUT2D eigenvalue weighted by molar-refractivity contribution is 5.25. The van der Waals surface area contributed by atoms with Crippen molar-refractivity contribution in [3.05, 3.63) is 35.4 Å². The van der Waals surface area contributed by atoms with E-state index in [2.05, 4.69) is 41.8 Å². The zero-order valence-corrected chi connectivity index (χ0v) is 10.1. The summed E-state index contributed by atoms with van der Waals surface area (Å²) in [4.78, 5) is 0. The van der Waals surface area contributed by atoms with E-state index < -0.39 is 0 Å². The molecule has 0 unspecified atom stereocenters. The van der Waals surface area contributed by atoms with Crippen LogP contribution >= 0.6 is 0 Å². The Balaban J connectivity index is 1.55. The Morgan fingerprint density at radius 3 is 2.69 bits per heavy atom. The van der Waals surface area contributed by atoms with Crippen molar-refractivity contribution in [3.63, 3.8) is 0 Å². The Bertz CT molecular complexity index is 318. The number of hydrogen-bond acceptors (Lipinski definition) is 2. The SMILES string of the molecule is Cc1ccccc1CCNCCNC1CC1. The predicted octanol–water partition coefficient (Wildman–Crippen LogP) is 1.88. The van der Waals surface area contributed by atoms with E-state index in [1.165, 1.54) is 24.0 Å². The van der Waals surface area contributed by atoms with Crippen molar-refractivity contribution in [2.24, 2.45) is 0 Å². The second-order valence-electron chi connectivity index (χ2n) is 4.65. The molecule has 0 saturated heterocycles. The monoisotopic (exact) mass is 218 g/mol. The van der Waals surface area contributed by atoms with Crippen LogP contribution in [0.3, 0.4) is 0 Å². The molecule has 1 fully saturated rings. The first-order chi connectivity index (χ1) is 7.86. The first kappa shape index (κ1) is 11.6. The molecule has 0 bridgehead atoms. The maximum atomic E-state index is 3.50. The lowest BCUT2D eigenvalue weighted by Gasteiger charge is -2.07. The van der Waals surface area contributed by atoms with Crippen LogP contribution in [0.4, 0.5) is 0 Å². The average molecular weight is 218 g/mol. The molecule has 1 aromatic carbocycles. The van der Waals surface area contributed by atoms with Gasteiger partial charge in [0.1, 0.15) is 0 Å². The van der Waals surface area contributed by atoms with Gasteiger partial charge in [0.05, 0.1) is 0 Å². The molecule has 2 rings (SSSR count). The molecular formula is C14H22N2. The van der Waals surface area contributed by atoms with E-state index in [0.29, 0.717) is 0 Å². The highest BCUT2D eigenvalue weighted by atomic mass is 15.0. The average Bonchev–Trinajstić information content (AvgIpc) is 3.09. The Kier molecular flexibility index (Phi) is 4.37. The fourth-order valence-electron chi connectivity index (χ4n) is 1.89. The summed E-state index contributed by atoms with van der Waals surface area (Å²) in [5.74, 6) is 0. The molecule has 0 amide bonds. The highest BCUT2D eigenvalue weighted by Gasteiger charge is 2.19. The third kappa shape index (κ3) is 3.95. The van der Waals surface area contributed by atoms with Crippen molar-refractivity contribution in [1.29, 1.82) is 0 Å². The molecule has 0 spiro atoms. The number of hydrogen-bond donors (Lipinski definition) is 2. The van der Waals surface area contributed by atoms with Gasteiger partial charge in [0, 0.05) is 19.1 Å². The van der Waals surface area contributed by atoms with Crippen LogP contribution in [0.25, 0.3) is 0 Å². The number of benzene rings is 1. The Morgan fingerprint density at radius 2 is 1.94 bits per heavy atom. The van der Waals surface area contributed by atoms with E-state index in [-0.39, 0.29) is 0 Å². The van der Waals surface area contributed by atoms with Gasteiger partial charge in [0.2, 0.25) is 0 Å². The summed E-state index contributed by atoms with van der Waals surface area (Å²) >= 11 is 0. The maximum Gasteiger partial charge on any atom is 0.00793 e. The first-order valence-electron chi connectivity index (χ1n) is 6.35. The fraction of sp³-hybridized carbons (Fsp3) is 0.571. The number of nitrogens with one attached hydrogen (secondary N) is 2.